The minimum absolute atomic E-state index is 0.0402. The molecule has 0 saturated heterocycles. The first-order chi connectivity index (χ1) is 26.7. The molecule has 0 unspecified atom stereocenters. The number of aryl methyl sites for hydroxylation is 1. The molecule has 1 aromatic heterocycles. The smallest absolute Gasteiger partial charge is 0.256 e. The second-order valence-electron chi connectivity index (χ2n) is 14.2. The summed E-state index contributed by atoms with van der Waals surface area (Å²) in [6.45, 7) is 2.18. The van der Waals surface area contributed by atoms with E-state index in [4.69, 9.17) is 4.74 Å². The summed E-state index contributed by atoms with van der Waals surface area (Å²) in [7, 11) is 0. The molecule has 254 valence electrons. The lowest BCUT2D eigenvalue weighted by atomic mass is 9.34. The molecular weight excluding hydrogens is 657 g/mol. The molecule has 0 radical (unpaired) electrons. The van der Waals surface area contributed by atoms with Crippen molar-refractivity contribution in [2.45, 2.75) is 6.92 Å². The van der Waals surface area contributed by atoms with Crippen molar-refractivity contribution in [2.24, 2.45) is 0 Å². The maximum absolute atomic E-state index is 6.93. The van der Waals surface area contributed by atoms with Crippen LogP contribution in [0.4, 0.5) is 34.1 Å². The highest BCUT2D eigenvalue weighted by Crippen LogP contribution is 2.43. The Morgan fingerprint density at radius 1 is 0.463 bits per heavy atom. The summed E-state index contributed by atoms with van der Waals surface area (Å²) < 4.78 is 9.29. The monoisotopic (exact) mass is 691 g/mol. The molecule has 0 fully saturated rings. The molecule has 0 saturated carbocycles. The standard InChI is InChI=1S/C49H34BN3O/c1-33-23-25-36(26-24-33)51(37-28-30-44-40(31-37)39-17-8-10-19-43(39)52(44)34-13-4-2-5-14-34)38-27-29-42-48(32-38)54-47-22-12-21-46-49(47)50(42)41-18-9-11-20-45(41)53(46)35-15-6-3-7-16-35/h2-32H,1H3. The Bertz CT molecular complexity index is 2880. The molecule has 0 atom stereocenters. The lowest BCUT2D eigenvalue weighted by molar-refractivity contribution is 0.487. The van der Waals surface area contributed by atoms with Crippen molar-refractivity contribution in [3.8, 4) is 17.2 Å². The molecule has 11 rings (SSSR count). The summed E-state index contributed by atoms with van der Waals surface area (Å²) >= 11 is 0. The van der Waals surface area contributed by atoms with Gasteiger partial charge < -0.3 is 19.1 Å². The zero-order valence-electron chi connectivity index (χ0n) is 29.7. The van der Waals surface area contributed by atoms with Crippen LogP contribution in [0.2, 0.25) is 0 Å². The minimum atomic E-state index is 0.0402. The van der Waals surface area contributed by atoms with Gasteiger partial charge in [-0.25, -0.2) is 0 Å². The fourth-order valence-electron chi connectivity index (χ4n) is 8.71. The highest BCUT2D eigenvalue weighted by atomic mass is 16.5. The van der Waals surface area contributed by atoms with E-state index in [1.807, 2.05) is 0 Å². The maximum Gasteiger partial charge on any atom is 0.256 e. The number of aromatic nitrogens is 1. The van der Waals surface area contributed by atoms with Crippen LogP contribution in [0, 0.1) is 6.92 Å². The fraction of sp³-hybridized carbons (Fsp3) is 0.0204. The summed E-state index contributed by atoms with van der Waals surface area (Å²) in [5.41, 5.74) is 15.1. The topological polar surface area (TPSA) is 20.6 Å². The minimum Gasteiger partial charge on any atom is -0.458 e. The molecule has 2 aliphatic rings. The van der Waals surface area contributed by atoms with E-state index in [2.05, 4.69) is 209 Å². The van der Waals surface area contributed by atoms with Gasteiger partial charge in [0.05, 0.1) is 11.0 Å². The van der Waals surface area contributed by atoms with Gasteiger partial charge in [0, 0.05) is 56.7 Å². The third-order valence-corrected chi connectivity index (χ3v) is 11.1. The first kappa shape index (κ1) is 30.6. The van der Waals surface area contributed by atoms with Crippen molar-refractivity contribution in [3.05, 3.63) is 194 Å². The Balaban J connectivity index is 1.08. The van der Waals surface area contributed by atoms with E-state index in [9.17, 15) is 0 Å². The molecule has 54 heavy (non-hydrogen) atoms. The number of para-hydroxylation sites is 4. The van der Waals surface area contributed by atoms with Gasteiger partial charge in [0.25, 0.3) is 6.71 Å². The van der Waals surface area contributed by atoms with Crippen LogP contribution in [-0.4, -0.2) is 11.3 Å². The van der Waals surface area contributed by atoms with Gasteiger partial charge in [-0.1, -0.05) is 103 Å². The number of rotatable bonds is 5. The van der Waals surface area contributed by atoms with Crippen molar-refractivity contribution in [1.82, 2.24) is 4.57 Å². The maximum atomic E-state index is 6.93. The summed E-state index contributed by atoms with van der Waals surface area (Å²) in [5.74, 6) is 1.78. The van der Waals surface area contributed by atoms with Gasteiger partial charge in [-0.15, -0.1) is 0 Å². The van der Waals surface area contributed by atoms with E-state index in [-0.39, 0.29) is 6.71 Å². The van der Waals surface area contributed by atoms with Gasteiger partial charge in [0.15, 0.2) is 0 Å². The molecular formula is C49H34BN3O. The fourth-order valence-corrected chi connectivity index (χ4v) is 8.71. The van der Waals surface area contributed by atoms with Crippen molar-refractivity contribution < 1.29 is 4.74 Å². The average Bonchev–Trinajstić information content (AvgIpc) is 3.56. The van der Waals surface area contributed by atoms with Crippen LogP contribution in [0.5, 0.6) is 11.5 Å². The molecule has 2 aliphatic heterocycles. The van der Waals surface area contributed by atoms with Crippen molar-refractivity contribution in [1.29, 1.82) is 0 Å². The number of anilines is 6. The van der Waals surface area contributed by atoms with Crippen molar-refractivity contribution in [2.75, 3.05) is 9.80 Å². The zero-order valence-corrected chi connectivity index (χ0v) is 29.7. The van der Waals surface area contributed by atoms with E-state index in [1.165, 1.54) is 49.4 Å². The average molecular weight is 692 g/mol. The van der Waals surface area contributed by atoms with Crippen LogP contribution in [0.3, 0.4) is 0 Å². The number of hydrogen-bond donors (Lipinski definition) is 0. The third kappa shape index (κ3) is 4.65. The summed E-state index contributed by atoms with van der Waals surface area (Å²) in [6, 6.07) is 67.7. The highest BCUT2D eigenvalue weighted by molar-refractivity contribution is 6.99. The predicted octanol–water partition coefficient (Wildman–Crippen LogP) is 11.0. The molecule has 0 aliphatic carbocycles. The second kappa shape index (κ2) is 12.0. The van der Waals surface area contributed by atoms with Crippen molar-refractivity contribution >= 4 is 79.0 Å². The molecule has 8 aromatic carbocycles. The highest BCUT2D eigenvalue weighted by Gasteiger charge is 2.41. The predicted molar refractivity (Wildman–Crippen MR) is 226 cm³/mol. The lowest BCUT2D eigenvalue weighted by Crippen LogP contribution is -2.59. The molecule has 4 nitrogen and oxygen atoms in total. The second-order valence-corrected chi connectivity index (χ2v) is 14.2. The van der Waals surface area contributed by atoms with Crippen LogP contribution in [0.25, 0.3) is 27.5 Å². The Hall–Kier alpha value is -6.98. The number of benzene rings is 8. The largest absolute Gasteiger partial charge is 0.458 e. The van der Waals surface area contributed by atoms with E-state index < -0.39 is 0 Å². The SMILES string of the molecule is Cc1ccc(N(c2ccc3c(c2)Oc2cccc4c2B3c2ccccc2N4c2ccccc2)c2ccc3c(c2)c2ccccc2n3-c2ccccc2)cc1. The Morgan fingerprint density at radius 3 is 1.94 bits per heavy atom. The molecule has 0 N–H and O–H groups in total. The van der Waals surface area contributed by atoms with Crippen LogP contribution in [0.15, 0.2) is 188 Å². The van der Waals surface area contributed by atoms with E-state index in [0.717, 1.165) is 45.6 Å². The van der Waals surface area contributed by atoms with Crippen LogP contribution in [-0.2, 0) is 0 Å². The molecule has 0 amide bonds. The normalized spacial score (nSPS) is 12.6. The van der Waals surface area contributed by atoms with Crippen LogP contribution >= 0.6 is 0 Å². The van der Waals surface area contributed by atoms with Gasteiger partial charge in [-0.05, 0) is 108 Å². The summed E-state index contributed by atoms with van der Waals surface area (Å²) in [6.07, 6.45) is 0. The number of fused-ring (bicyclic) bond motifs is 7. The third-order valence-electron chi connectivity index (χ3n) is 11.1. The van der Waals surface area contributed by atoms with E-state index in [0.29, 0.717) is 0 Å². The van der Waals surface area contributed by atoms with E-state index >= 15 is 0 Å². The number of ether oxygens (including phenoxy) is 1. The summed E-state index contributed by atoms with van der Waals surface area (Å²) in [4.78, 5) is 4.73. The summed E-state index contributed by atoms with van der Waals surface area (Å²) in [5, 5.41) is 2.44. The Morgan fingerprint density at radius 2 is 1.11 bits per heavy atom. The van der Waals surface area contributed by atoms with E-state index in [1.54, 1.807) is 0 Å². The molecule has 3 heterocycles. The Labute approximate surface area is 314 Å². The van der Waals surface area contributed by atoms with Gasteiger partial charge in [-0.3, -0.25) is 0 Å². The van der Waals surface area contributed by atoms with Gasteiger partial charge in [0.2, 0.25) is 0 Å². The number of hydrogen-bond acceptors (Lipinski definition) is 3. The van der Waals surface area contributed by atoms with Crippen LogP contribution in [0.1, 0.15) is 5.56 Å². The zero-order chi connectivity index (χ0) is 35.8. The molecule has 9 aromatic rings. The number of nitrogens with zero attached hydrogens (tertiary/aromatic N) is 3. The van der Waals surface area contributed by atoms with Gasteiger partial charge in [-0.2, -0.15) is 0 Å². The first-order valence-corrected chi connectivity index (χ1v) is 18.6. The molecule has 0 bridgehead atoms. The first-order valence-electron chi connectivity index (χ1n) is 18.6. The molecule has 0 spiro atoms. The lowest BCUT2D eigenvalue weighted by Gasteiger charge is -2.40. The quantitative estimate of drug-likeness (QED) is 0.168. The Kier molecular flexibility index (Phi) is 6.83. The molecule has 5 heteroatoms. The van der Waals surface area contributed by atoms with Gasteiger partial charge in [0.1, 0.15) is 11.5 Å². The van der Waals surface area contributed by atoms with Crippen molar-refractivity contribution in [3.63, 3.8) is 0 Å². The van der Waals surface area contributed by atoms with Gasteiger partial charge >= 0.3 is 0 Å². The van der Waals surface area contributed by atoms with Crippen LogP contribution < -0.4 is 30.9 Å².